The molecule has 0 bridgehead atoms. The Hall–Kier alpha value is -2.48. The predicted octanol–water partition coefficient (Wildman–Crippen LogP) is 3.98. The molecule has 1 heterocycles. The molecular weight excluding hydrogens is 234 g/mol. The number of rotatable bonds is 3. The van der Waals surface area contributed by atoms with Crippen molar-refractivity contribution in [2.75, 3.05) is 4.90 Å². The maximum atomic E-state index is 6.01. The van der Waals surface area contributed by atoms with Gasteiger partial charge in [-0.15, -0.1) is 0 Å². The summed E-state index contributed by atoms with van der Waals surface area (Å²) in [6.45, 7) is 0. The lowest BCUT2D eigenvalue weighted by atomic mass is 10.2. The first-order chi connectivity index (χ1) is 9.43. The first kappa shape index (κ1) is 11.6. The van der Waals surface area contributed by atoms with Crippen LogP contribution in [0, 0.1) is 0 Å². The van der Waals surface area contributed by atoms with E-state index in [1.807, 2.05) is 73.0 Å². The maximum Gasteiger partial charge on any atom is 0.195 e. The van der Waals surface area contributed by atoms with Gasteiger partial charge in [0.2, 0.25) is 0 Å². The van der Waals surface area contributed by atoms with Crippen LogP contribution in [0.3, 0.4) is 0 Å². The number of hydrogen-bond acceptors (Lipinski definition) is 2. The average Bonchev–Trinajstić information content (AvgIpc) is 2.50. The highest BCUT2D eigenvalue weighted by Crippen LogP contribution is 2.22. The Bertz CT molecular complexity index is 575. The molecule has 0 aromatic heterocycles. The Morgan fingerprint density at radius 1 is 0.789 bits per heavy atom. The molecule has 1 aliphatic heterocycles. The van der Waals surface area contributed by atoms with Gasteiger partial charge in [0, 0.05) is 11.9 Å². The second-order valence-electron chi connectivity index (χ2n) is 4.29. The van der Waals surface area contributed by atoms with E-state index in [-0.39, 0.29) is 6.23 Å². The first-order valence-electron chi connectivity index (χ1n) is 6.33. The maximum absolute atomic E-state index is 6.01. The third kappa shape index (κ3) is 2.68. The summed E-state index contributed by atoms with van der Waals surface area (Å²) in [6, 6.07) is 20.1. The second-order valence-corrected chi connectivity index (χ2v) is 4.29. The molecule has 0 radical (unpaired) electrons. The molecule has 0 saturated heterocycles. The van der Waals surface area contributed by atoms with Crippen molar-refractivity contribution in [2.24, 2.45) is 0 Å². The molecule has 3 rings (SSSR count). The van der Waals surface area contributed by atoms with Crippen molar-refractivity contribution >= 4 is 5.69 Å². The number of allylic oxidation sites excluding steroid dienone is 2. The molecule has 19 heavy (non-hydrogen) atoms. The van der Waals surface area contributed by atoms with Gasteiger partial charge in [0.1, 0.15) is 5.75 Å². The van der Waals surface area contributed by atoms with Crippen LogP contribution >= 0.6 is 0 Å². The van der Waals surface area contributed by atoms with Crippen LogP contribution in [0.2, 0.25) is 0 Å². The van der Waals surface area contributed by atoms with Crippen LogP contribution < -0.4 is 9.64 Å². The van der Waals surface area contributed by atoms with E-state index in [0.717, 1.165) is 11.4 Å². The SMILES string of the molecule is C1=CC(Oc2ccccc2)N(c2ccccc2)C=C1. The van der Waals surface area contributed by atoms with Crippen molar-refractivity contribution in [3.8, 4) is 5.75 Å². The molecule has 0 N–H and O–H groups in total. The molecule has 2 heteroatoms. The fraction of sp³-hybridized carbons (Fsp3) is 0.0588. The van der Waals surface area contributed by atoms with E-state index in [4.69, 9.17) is 4.74 Å². The number of anilines is 1. The summed E-state index contributed by atoms with van der Waals surface area (Å²) in [5, 5.41) is 0. The average molecular weight is 249 g/mol. The zero-order chi connectivity index (χ0) is 12.9. The van der Waals surface area contributed by atoms with Gasteiger partial charge in [-0.3, -0.25) is 0 Å². The Labute approximate surface area is 113 Å². The highest BCUT2D eigenvalue weighted by Gasteiger charge is 2.17. The summed E-state index contributed by atoms with van der Waals surface area (Å²) in [5.74, 6) is 0.869. The van der Waals surface area contributed by atoms with Gasteiger partial charge in [0.05, 0.1) is 0 Å². The minimum Gasteiger partial charge on any atom is -0.467 e. The van der Waals surface area contributed by atoms with Crippen LogP contribution in [0.15, 0.2) is 85.1 Å². The zero-order valence-corrected chi connectivity index (χ0v) is 10.5. The third-order valence-electron chi connectivity index (χ3n) is 2.96. The first-order valence-corrected chi connectivity index (χ1v) is 6.33. The van der Waals surface area contributed by atoms with Gasteiger partial charge in [-0.2, -0.15) is 0 Å². The van der Waals surface area contributed by atoms with Gasteiger partial charge in [-0.25, -0.2) is 0 Å². The van der Waals surface area contributed by atoms with Gasteiger partial charge in [0.15, 0.2) is 6.23 Å². The van der Waals surface area contributed by atoms with Gasteiger partial charge in [0.25, 0.3) is 0 Å². The monoisotopic (exact) mass is 249 g/mol. The largest absolute Gasteiger partial charge is 0.467 e. The van der Waals surface area contributed by atoms with E-state index in [0.29, 0.717) is 0 Å². The molecule has 2 nitrogen and oxygen atoms in total. The molecule has 0 amide bonds. The molecule has 2 aromatic carbocycles. The molecule has 2 aromatic rings. The van der Waals surface area contributed by atoms with Crippen molar-refractivity contribution in [3.05, 3.63) is 85.1 Å². The van der Waals surface area contributed by atoms with Crippen molar-refractivity contribution in [1.29, 1.82) is 0 Å². The highest BCUT2D eigenvalue weighted by molar-refractivity contribution is 5.52. The molecule has 0 aliphatic carbocycles. The molecule has 1 atom stereocenters. The van der Waals surface area contributed by atoms with Gasteiger partial charge in [-0.1, -0.05) is 42.5 Å². The third-order valence-corrected chi connectivity index (χ3v) is 2.96. The molecule has 1 aliphatic rings. The van der Waals surface area contributed by atoms with Crippen LogP contribution in [-0.2, 0) is 0 Å². The van der Waals surface area contributed by atoms with E-state index in [1.54, 1.807) is 0 Å². The predicted molar refractivity (Wildman–Crippen MR) is 78.1 cm³/mol. The van der Waals surface area contributed by atoms with Crippen LogP contribution in [0.5, 0.6) is 5.75 Å². The van der Waals surface area contributed by atoms with E-state index >= 15 is 0 Å². The van der Waals surface area contributed by atoms with E-state index in [9.17, 15) is 0 Å². The summed E-state index contributed by atoms with van der Waals surface area (Å²) < 4.78 is 6.01. The van der Waals surface area contributed by atoms with Crippen LogP contribution in [0.4, 0.5) is 5.69 Å². The lowest BCUT2D eigenvalue weighted by molar-refractivity contribution is 0.253. The van der Waals surface area contributed by atoms with Crippen molar-refractivity contribution < 1.29 is 4.74 Å². The Morgan fingerprint density at radius 2 is 1.47 bits per heavy atom. The summed E-state index contributed by atoms with van der Waals surface area (Å²) in [7, 11) is 0. The number of ether oxygens (including phenoxy) is 1. The number of nitrogens with zero attached hydrogens (tertiary/aromatic N) is 1. The van der Waals surface area contributed by atoms with Gasteiger partial charge in [-0.05, 0) is 36.4 Å². The van der Waals surface area contributed by atoms with Crippen LogP contribution in [0.25, 0.3) is 0 Å². The Kier molecular flexibility index (Phi) is 3.32. The fourth-order valence-corrected chi connectivity index (χ4v) is 2.05. The summed E-state index contributed by atoms with van der Waals surface area (Å²) >= 11 is 0. The minimum atomic E-state index is -0.116. The smallest absolute Gasteiger partial charge is 0.195 e. The standard InChI is InChI=1S/C17H15NO/c1-3-9-15(10-4-1)18-14-8-7-13-17(18)19-16-11-5-2-6-12-16/h1-14,17H. The van der Waals surface area contributed by atoms with E-state index in [1.165, 1.54) is 0 Å². The molecule has 0 fully saturated rings. The minimum absolute atomic E-state index is 0.116. The summed E-state index contributed by atoms with van der Waals surface area (Å²) in [4.78, 5) is 2.10. The zero-order valence-electron chi connectivity index (χ0n) is 10.5. The quantitative estimate of drug-likeness (QED) is 0.815. The van der Waals surface area contributed by atoms with Gasteiger partial charge >= 0.3 is 0 Å². The van der Waals surface area contributed by atoms with E-state index in [2.05, 4.69) is 17.0 Å². The lowest BCUT2D eigenvalue weighted by Crippen LogP contribution is -2.35. The van der Waals surface area contributed by atoms with Crippen molar-refractivity contribution in [3.63, 3.8) is 0 Å². The van der Waals surface area contributed by atoms with Crippen molar-refractivity contribution in [1.82, 2.24) is 0 Å². The molecule has 0 saturated carbocycles. The number of hydrogen-bond donors (Lipinski definition) is 0. The number of para-hydroxylation sites is 2. The van der Waals surface area contributed by atoms with Crippen molar-refractivity contribution in [2.45, 2.75) is 6.23 Å². The molecule has 1 unspecified atom stereocenters. The summed E-state index contributed by atoms with van der Waals surface area (Å²) in [6.07, 6.45) is 7.98. The number of benzene rings is 2. The summed E-state index contributed by atoms with van der Waals surface area (Å²) in [5.41, 5.74) is 1.11. The van der Waals surface area contributed by atoms with E-state index < -0.39 is 0 Å². The second kappa shape index (κ2) is 5.44. The van der Waals surface area contributed by atoms with Gasteiger partial charge < -0.3 is 9.64 Å². The lowest BCUT2D eigenvalue weighted by Gasteiger charge is -2.30. The fourth-order valence-electron chi connectivity index (χ4n) is 2.05. The topological polar surface area (TPSA) is 12.5 Å². The van der Waals surface area contributed by atoms with Crippen LogP contribution in [-0.4, -0.2) is 6.23 Å². The normalized spacial score (nSPS) is 17.5. The molecular formula is C17H15NO. The Balaban J connectivity index is 1.83. The van der Waals surface area contributed by atoms with Crippen LogP contribution in [0.1, 0.15) is 0 Å². The Morgan fingerprint density at radius 3 is 2.21 bits per heavy atom. The highest BCUT2D eigenvalue weighted by atomic mass is 16.5. The molecule has 0 spiro atoms. The molecule has 94 valence electrons.